The highest BCUT2D eigenvalue weighted by Gasteiger charge is 2.04. The maximum atomic E-state index is 9.33. The molecule has 0 spiro atoms. The van der Waals surface area contributed by atoms with E-state index in [1.807, 2.05) is 12.1 Å². The van der Waals surface area contributed by atoms with Gasteiger partial charge in [-0.05, 0) is 6.07 Å². The van der Waals surface area contributed by atoms with Crippen LogP contribution >= 0.6 is 12.6 Å². The molecule has 0 bridgehead atoms. The van der Waals surface area contributed by atoms with E-state index in [9.17, 15) is 5.11 Å². The maximum absolute atomic E-state index is 9.33. The zero-order valence-electron chi connectivity index (χ0n) is 6.03. The van der Waals surface area contributed by atoms with Gasteiger partial charge in [0.1, 0.15) is 0 Å². The van der Waals surface area contributed by atoms with Gasteiger partial charge in [-0.2, -0.15) is 0 Å². The van der Waals surface area contributed by atoms with Crippen LogP contribution in [0, 0.1) is 0 Å². The van der Waals surface area contributed by atoms with Crippen LogP contribution in [0.2, 0.25) is 0 Å². The molecule has 1 aromatic carbocycles. The highest BCUT2D eigenvalue weighted by atomic mass is 32.1. The molecule has 11 heavy (non-hydrogen) atoms. The Bertz CT molecular complexity index is 257. The zero-order valence-corrected chi connectivity index (χ0v) is 6.84. The first kappa shape index (κ1) is 8.24. The minimum absolute atomic E-state index is 0.635. The fourth-order valence-electron chi connectivity index (χ4n) is 0.852. The SMILES string of the molecule is C=CC(O)c1ccccc1[S]. The van der Waals surface area contributed by atoms with Crippen LogP contribution in [0.1, 0.15) is 11.7 Å². The Morgan fingerprint density at radius 2 is 2.09 bits per heavy atom. The van der Waals surface area contributed by atoms with Crippen LogP contribution in [0.15, 0.2) is 41.8 Å². The molecule has 1 N–H and O–H groups in total. The van der Waals surface area contributed by atoms with Crippen LogP contribution in [-0.2, 0) is 0 Å². The van der Waals surface area contributed by atoms with E-state index in [0.29, 0.717) is 4.90 Å². The van der Waals surface area contributed by atoms with Gasteiger partial charge in [0, 0.05) is 10.5 Å². The van der Waals surface area contributed by atoms with Crippen molar-refractivity contribution in [2.75, 3.05) is 0 Å². The first-order chi connectivity index (χ1) is 5.25. The molecule has 1 radical (unpaired) electrons. The number of hydrogen-bond acceptors (Lipinski definition) is 1. The third-order valence-corrected chi connectivity index (χ3v) is 1.83. The van der Waals surface area contributed by atoms with Crippen molar-refractivity contribution in [1.29, 1.82) is 0 Å². The lowest BCUT2D eigenvalue weighted by atomic mass is 10.1. The van der Waals surface area contributed by atoms with Crippen molar-refractivity contribution in [2.45, 2.75) is 11.0 Å². The predicted octanol–water partition coefficient (Wildman–Crippen LogP) is 2.46. The number of benzene rings is 1. The number of hydrogen-bond donors (Lipinski definition) is 1. The third-order valence-electron chi connectivity index (χ3n) is 1.46. The largest absolute Gasteiger partial charge is 0.384 e. The van der Waals surface area contributed by atoms with E-state index in [1.54, 1.807) is 12.1 Å². The molecule has 0 aromatic heterocycles. The average Bonchev–Trinajstić information content (AvgIpc) is 2.04. The van der Waals surface area contributed by atoms with Gasteiger partial charge in [0.25, 0.3) is 0 Å². The third kappa shape index (κ3) is 1.79. The van der Waals surface area contributed by atoms with Gasteiger partial charge in [-0.25, -0.2) is 0 Å². The summed E-state index contributed by atoms with van der Waals surface area (Å²) in [4.78, 5) is 0.680. The van der Waals surface area contributed by atoms with Crippen LogP contribution in [0.3, 0.4) is 0 Å². The Labute approximate surface area is 71.8 Å². The van der Waals surface area contributed by atoms with Crippen molar-refractivity contribution >= 4 is 12.6 Å². The van der Waals surface area contributed by atoms with Crippen LogP contribution < -0.4 is 0 Å². The molecular weight excluding hydrogens is 156 g/mol. The molecule has 1 nitrogen and oxygen atoms in total. The molecule has 1 atom stereocenters. The summed E-state index contributed by atoms with van der Waals surface area (Å²) >= 11 is 4.99. The maximum Gasteiger partial charge on any atom is 0.0983 e. The van der Waals surface area contributed by atoms with Crippen LogP contribution in [0.25, 0.3) is 0 Å². The minimum atomic E-state index is -0.635. The first-order valence-corrected chi connectivity index (χ1v) is 3.73. The highest BCUT2D eigenvalue weighted by molar-refractivity contribution is 7.80. The second-order valence-corrected chi connectivity index (χ2v) is 2.66. The normalized spacial score (nSPS) is 12.5. The second kappa shape index (κ2) is 3.51. The van der Waals surface area contributed by atoms with Gasteiger partial charge in [-0.1, -0.05) is 36.9 Å². The smallest absolute Gasteiger partial charge is 0.0983 e. The van der Waals surface area contributed by atoms with Crippen molar-refractivity contribution in [3.05, 3.63) is 42.5 Å². The van der Waals surface area contributed by atoms with E-state index in [1.165, 1.54) is 6.08 Å². The number of rotatable bonds is 2. The van der Waals surface area contributed by atoms with E-state index < -0.39 is 6.10 Å². The molecule has 0 fully saturated rings. The second-order valence-electron chi connectivity index (χ2n) is 2.22. The van der Waals surface area contributed by atoms with E-state index in [2.05, 4.69) is 6.58 Å². The number of aliphatic hydroxyl groups excluding tert-OH is 1. The van der Waals surface area contributed by atoms with Crippen molar-refractivity contribution in [3.63, 3.8) is 0 Å². The molecule has 0 aliphatic heterocycles. The molecule has 0 saturated carbocycles. The fraction of sp³-hybridized carbons (Fsp3) is 0.111. The summed E-state index contributed by atoms with van der Waals surface area (Å²) in [7, 11) is 0. The van der Waals surface area contributed by atoms with E-state index >= 15 is 0 Å². The summed E-state index contributed by atoms with van der Waals surface area (Å²) in [6.45, 7) is 3.48. The van der Waals surface area contributed by atoms with Gasteiger partial charge in [0.15, 0.2) is 0 Å². The summed E-state index contributed by atoms with van der Waals surface area (Å²) in [5, 5.41) is 9.33. The molecule has 0 heterocycles. The Kier molecular flexibility index (Phi) is 2.63. The van der Waals surface area contributed by atoms with Crippen LogP contribution in [0.5, 0.6) is 0 Å². The molecule has 1 rings (SSSR count). The minimum Gasteiger partial charge on any atom is -0.384 e. The summed E-state index contributed by atoms with van der Waals surface area (Å²) in [6, 6.07) is 7.28. The zero-order chi connectivity index (χ0) is 8.27. The van der Waals surface area contributed by atoms with Gasteiger partial charge in [-0.15, -0.1) is 6.58 Å². The summed E-state index contributed by atoms with van der Waals surface area (Å²) in [6.07, 6.45) is 0.828. The molecule has 1 aromatic rings. The van der Waals surface area contributed by atoms with Crippen LogP contribution in [-0.4, -0.2) is 5.11 Å². The summed E-state index contributed by atoms with van der Waals surface area (Å²) in [5.41, 5.74) is 0.748. The monoisotopic (exact) mass is 165 g/mol. The Morgan fingerprint density at radius 3 is 2.64 bits per heavy atom. The Morgan fingerprint density at radius 1 is 1.45 bits per heavy atom. The van der Waals surface area contributed by atoms with E-state index in [0.717, 1.165) is 5.56 Å². The van der Waals surface area contributed by atoms with Crippen molar-refractivity contribution in [2.24, 2.45) is 0 Å². The van der Waals surface area contributed by atoms with Crippen molar-refractivity contribution < 1.29 is 5.11 Å². The van der Waals surface area contributed by atoms with Gasteiger partial charge in [0.2, 0.25) is 0 Å². The van der Waals surface area contributed by atoms with Gasteiger partial charge in [-0.3, -0.25) is 0 Å². The molecule has 2 heteroatoms. The molecule has 0 saturated heterocycles. The molecular formula is C9H9OS. The molecule has 0 aliphatic rings. The van der Waals surface area contributed by atoms with E-state index in [4.69, 9.17) is 12.6 Å². The fourth-order valence-corrected chi connectivity index (χ4v) is 1.12. The Balaban J connectivity index is 3.02. The first-order valence-electron chi connectivity index (χ1n) is 3.32. The lowest BCUT2D eigenvalue weighted by Gasteiger charge is -2.06. The topological polar surface area (TPSA) is 20.2 Å². The van der Waals surface area contributed by atoms with Crippen molar-refractivity contribution in [3.8, 4) is 0 Å². The quantitative estimate of drug-likeness (QED) is 0.667. The van der Waals surface area contributed by atoms with Gasteiger partial charge >= 0.3 is 0 Å². The van der Waals surface area contributed by atoms with Gasteiger partial charge < -0.3 is 5.11 Å². The lowest BCUT2D eigenvalue weighted by Crippen LogP contribution is -1.92. The molecule has 1 unspecified atom stereocenters. The average molecular weight is 165 g/mol. The lowest BCUT2D eigenvalue weighted by molar-refractivity contribution is 0.226. The molecule has 57 valence electrons. The summed E-state index contributed by atoms with van der Waals surface area (Å²) < 4.78 is 0. The molecule has 0 amide bonds. The highest BCUT2D eigenvalue weighted by Crippen LogP contribution is 2.20. The predicted molar refractivity (Wildman–Crippen MR) is 47.5 cm³/mol. The molecule has 0 aliphatic carbocycles. The van der Waals surface area contributed by atoms with E-state index in [-0.39, 0.29) is 0 Å². The standard InChI is InChI=1S/C9H9OS/c1-2-8(10)7-5-3-4-6-9(7)11/h2-6,8,10H,1H2. The summed E-state index contributed by atoms with van der Waals surface area (Å²) in [5.74, 6) is 0. The number of aliphatic hydroxyl groups is 1. The Hall–Kier alpha value is -0.860. The van der Waals surface area contributed by atoms with Gasteiger partial charge in [0.05, 0.1) is 6.10 Å². The van der Waals surface area contributed by atoms with Crippen LogP contribution in [0.4, 0.5) is 0 Å². The van der Waals surface area contributed by atoms with Crippen molar-refractivity contribution in [1.82, 2.24) is 0 Å².